The fourth-order valence-corrected chi connectivity index (χ4v) is 4.88. The molecule has 0 radical (unpaired) electrons. The second-order valence-corrected chi connectivity index (χ2v) is 9.59. The highest BCUT2D eigenvalue weighted by Crippen LogP contribution is 2.32. The van der Waals surface area contributed by atoms with E-state index in [-0.39, 0.29) is 23.7 Å². The van der Waals surface area contributed by atoms with Gasteiger partial charge in [0, 0.05) is 30.5 Å². The van der Waals surface area contributed by atoms with E-state index < -0.39 is 11.9 Å². The van der Waals surface area contributed by atoms with Gasteiger partial charge in [-0.2, -0.15) is 0 Å². The van der Waals surface area contributed by atoms with E-state index in [2.05, 4.69) is 43.3 Å². The van der Waals surface area contributed by atoms with Crippen molar-refractivity contribution in [1.29, 1.82) is 0 Å². The van der Waals surface area contributed by atoms with Crippen molar-refractivity contribution in [3.63, 3.8) is 0 Å². The highest BCUT2D eigenvalue weighted by Gasteiger charge is 2.42. The van der Waals surface area contributed by atoms with E-state index in [0.717, 1.165) is 12.8 Å². The molecule has 1 fully saturated rings. The zero-order valence-electron chi connectivity index (χ0n) is 19.4. The van der Waals surface area contributed by atoms with Crippen LogP contribution in [-0.2, 0) is 9.47 Å². The number of carbonyl (C=O) groups excluding carboxylic acids is 2. The van der Waals surface area contributed by atoms with Crippen LogP contribution in [0.1, 0.15) is 75.1 Å². The first-order valence-electron chi connectivity index (χ1n) is 11.0. The van der Waals surface area contributed by atoms with Crippen molar-refractivity contribution in [2.24, 2.45) is 0 Å². The molecule has 0 saturated carbocycles. The number of hydrogen-bond acceptors (Lipinski definition) is 6. The molecule has 0 bridgehead atoms. The lowest BCUT2D eigenvalue weighted by atomic mass is 9.79. The highest BCUT2D eigenvalue weighted by atomic mass is 16.5. The zero-order valence-corrected chi connectivity index (χ0v) is 19.4. The fourth-order valence-electron chi connectivity index (χ4n) is 4.88. The molecule has 0 unspecified atom stereocenters. The van der Waals surface area contributed by atoms with Gasteiger partial charge in [-0.1, -0.05) is 0 Å². The number of quaternary nitrogens is 1. The molecule has 1 aliphatic heterocycles. The van der Waals surface area contributed by atoms with Crippen LogP contribution in [0.5, 0.6) is 0 Å². The third kappa shape index (κ3) is 5.34. The number of benzene rings is 1. The number of rotatable bonds is 6. The van der Waals surface area contributed by atoms with Crippen LogP contribution in [0.3, 0.4) is 0 Å². The van der Waals surface area contributed by atoms with E-state index >= 15 is 0 Å². The van der Waals surface area contributed by atoms with Crippen molar-refractivity contribution in [3.05, 3.63) is 35.5 Å². The van der Waals surface area contributed by atoms with Gasteiger partial charge in [0.2, 0.25) is 0 Å². The summed E-state index contributed by atoms with van der Waals surface area (Å²) in [6.45, 7) is 13.1. The van der Waals surface area contributed by atoms with Crippen LogP contribution in [0.2, 0.25) is 0 Å². The molecule has 31 heavy (non-hydrogen) atoms. The van der Waals surface area contributed by atoms with Crippen LogP contribution >= 0.6 is 0 Å². The van der Waals surface area contributed by atoms with Crippen molar-refractivity contribution in [2.45, 2.75) is 71.5 Å². The lowest BCUT2D eigenvalue weighted by Crippen LogP contribution is -3.06. The Labute approximate surface area is 183 Å². The molecule has 168 valence electrons. The summed E-state index contributed by atoms with van der Waals surface area (Å²) in [5.74, 6) is -0.826. The van der Waals surface area contributed by atoms with Gasteiger partial charge in [-0.3, -0.25) is 4.98 Å². The van der Waals surface area contributed by atoms with Crippen molar-refractivity contribution in [3.8, 4) is 0 Å². The van der Waals surface area contributed by atoms with Gasteiger partial charge in [0.25, 0.3) is 0 Å². The normalized spacial score (nSPS) is 17.9. The summed E-state index contributed by atoms with van der Waals surface area (Å²) in [7, 11) is 0. The van der Waals surface area contributed by atoms with Crippen molar-refractivity contribution in [1.82, 2.24) is 4.98 Å². The summed E-state index contributed by atoms with van der Waals surface area (Å²) in [4.78, 5) is 29.5. The van der Waals surface area contributed by atoms with Gasteiger partial charge in [-0.25, -0.2) is 9.59 Å². The van der Waals surface area contributed by atoms with E-state index in [4.69, 9.17) is 9.47 Å². The minimum atomic E-state index is -0.429. The number of esters is 2. The molecule has 0 aliphatic carbocycles. The number of piperidine rings is 1. The summed E-state index contributed by atoms with van der Waals surface area (Å²) in [6, 6.07) is 5.38. The van der Waals surface area contributed by atoms with Gasteiger partial charge in [-0.05, 0) is 59.7 Å². The van der Waals surface area contributed by atoms with Crippen LogP contribution in [0, 0.1) is 0 Å². The third-order valence-electron chi connectivity index (χ3n) is 5.55. The zero-order chi connectivity index (χ0) is 22.8. The summed E-state index contributed by atoms with van der Waals surface area (Å²) in [5.41, 5.74) is 2.28. The van der Waals surface area contributed by atoms with Crippen LogP contribution < -0.4 is 10.6 Å². The van der Waals surface area contributed by atoms with Gasteiger partial charge in [-0.15, -0.1) is 0 Å². The number of anilines is 1. The molecule has 7 heteroatoms. The predicted molar refractivity (Wildman–Crippen MR) is 120 cm³/mol. The Morgan fingerprint density at radius 1 is 1.06 bits per heavy atom. The first-order valence-corrected chi connectivity index (χ1v) is 11.0. The maximum atomic E-state index is 12.7. The van der Waals surface area contributed by atoms with E-state index in [0.29, 0.717) is 34.3 Å². The topological polar surface area (TPSA) is 94.1 Å². The van der Waals surface area contributed by atoms with Gasteiger partial charge in [0.05, 0.1) is 41.1 Å². The molecular weight excluding hydrogens is 394 g/mol. The molecule has 0 spiro atoms. The molecule has 0 amide bonds. The Balaban J connectivity index is 2.10. The number of pyridine rings is 1. The molecule has 2 heterocycles. The van der Waals surface area contributed by atoms with E-state index in [1.54, 1.807) is 38.2 Å². The molecule has 0 atom stereocenters. The van der Waals surface area contributed by atoms with Crippen LogP contribution in [0.25, 0.3) is 10.9 Å². The SMILES string of the molecule is CCOC(=O)c1ccc2ncc(C(=O)OCC)c(NC3CC(C)(C)[NH2+]C(C)(C)C3)c2c1. The number of ether oxygens (including phenoxy) is 2. The molecular formula is C24H34N3O4+. The molecule has 1 aromatic carbocycles. The third-order valence-corrected chi connectivity index (χ3v) is 5.55. The Hall–Kier alpha value is -2.67. The molecule has 7 nitrogen and oxygen atoms in total. The number of nitrogens with zero attached hydrogens (tertiary/aromatic N) is 1. The maximum absolute atomic E-state index is 12.7. The highest BCUT2D eigenvalue weighted by molar-refractivity contribution is 6.06. The van der Waals surface area contributed by atoms with Crippen molar-refractivity contribution >= 4 is 28.5 Å². The molecule has 1 saturated heterocycles. The van der Waals surface area contributed by atoms with Gasteiger partial charge < -0.3 is 20.1 Å². The number of nitrogens with two attached hydrogens (primary N) is 1. The monoisotopic (exact) mass is 428 g/mol. The maximum Gasteiger partial charge on any atom is 0.341 e. The number of nitrogens with one attached hydrogen (secondary N) is 1. The molecule has 1 aliphatic rings. The Bertz CT molecular complexity index is 963. The smallest absolute Gasteiger partial charge is 0.341 e. The average molecular weight is 429 g/mol. The summed E-state index contributed by atoms with van der Waals surface area (Å²) in [6.07, 6.45) is 3.41. The van der Waals surface area contributed by atoms with E-state index in [9.17, 15) is 9.59 Å². The lowest BCUT2D eigenvalue weighted by Gasteiger charge is -2.43. The Morgan fingerprint density at radius 3 is 2.29 bits per heavy atom. The first kappa shape index (κ1) is 23.0. The number of hydrogen-bond donors (Lipinski definition) is 2. The van der Waals surface area contributed by atoms with Gasteiger partial charge in [0.1, 0.15) is 5.56 Å². The molecule has 2 aromatic rings. The fraction of sp³-hybridized carbons (Fsp3) is 0.542. The minimum Gasteiger partial charge on any atom is -0.462 e. The quantitative estimate of drug-likeness (QED) is 0.686. The largest absolute Gasteiger partial charge is 0.462 e. The van der Waals surface area contributed by atoms with Gasteiger partial charge >= 0.3 is 11.9 Å². The number of carbonyl (C=O) groups is 2. The molecule has 3 rings (SSSR count). The van der Waals surface area contributed by atoms with Crippen molar-refractivity contribution < 1.29 is 24.4 Å². The number of aromatic nitrogens is 1. The molecule has 1 aromatic heterocycles. The van der Waals surface area contributed by atoms with Crippen molar-refractivity contribution in [2.75, 3.05) is 18.5 Å². The van der Waals surface area contributed by atoms with Crippen LogP contribution in [-0.4, -0.2) is 47.3 Å². The predicted octanol–water partition coefficient (Wildman–Crippen LogP) is 3.28. The Morgan fingerprint density at radius 2 is 1.68 bits per heavy atom. The van der Waals surface area contributed by atoms with Crippen LogP contribution in [0.4, 0.5) is 5.69 Å². The van der Waals surface area contributed by atoms with Crippen LogP contribution in [0.15, 0.2) is 24.4 Å². The number of fused-ring (bicyclic) bond motifs is 1. The lowest BCUT2D eigenvalue weighted by molar-refractivity contribution is -0.787. The second kappa shape index (κ2) is 8.83. The summed E-state index contributed by atoms with van der Waals surface area (Å²) in [5, 5.41) is 6.75. The average Bonchev–Trinajstić information content (AvgIpc) is 2.65. The van der Waals surface area contributed by atoms with E-state index in [1.807, 2.05) is 0 Å². The first-order chi connectivity index (χ1) is 14.5. The Kier molecular flexibility index (Phi) is 6.55. The minimum absolute atomic E-state index is 0.0580. The van der Waals surface area contributed by atoms with E-state index in [1.165, 1.54) is 0 Å². The standard InChI is InChI=1S/C24H33N3O4/c1-7-30-21(28)15-9-10-19-17(11-15)20(18(14-25-19)22(29)31-8-2)26-16-12-23(3,4)27-24(5,6)13-16/h9-11,14,16,27H,7-8,12-13H2,1-6H3,(H,25,26)/p+1. The second-order valence-electron chi connectivity index (χ2n) is 9.59. The van der Waals surface area contributed by atoms with Gasteiger partial charge in [0.15, 0.2) is 0 Å². The molecule has 3 N–H and O–H groups in total. The summed E-state index contributed by atoms with van der Waals surface area (Å²) >= 11 is 0. The summed E-state index contributed by atoms with van der Waals surface area (Å²) < 4.78 is 10.5.